The van der Waals surface area contributed by atoms with E-state index in [4.69, 9.17) is 0 Å². The van der Waals surface area contributed by atoms with Crippen LogP contribution in [0.25, 0.3) is 0 Å². The van der Waals surface area contributed by atoms with Gasteiger partial charge in [-0.15, -0.1) is 10.2 Å². The molecule has 1 aliphatic carbocycles. The van der Waals surface area contributed by atoms with Gasteiger partial charge in [-0.3, -0.25) is 4.79 Å². The van der Waals surface area contributed by atoms with Gasteiger partial charge in [0.25, 0.3) is 0 Å². The molecule has 4 rings (SSSR count). The molecule has 1 saturated carbocycles. The number of piperidine rings is 1. The monoisotopic (exact) mass is 374 g/mol. The van der Waals surface area contributed by atoms with Crippen molar-refractivity contribution in [1.82, 2.24) is 29.5 Å². The second kappa shape index (κ2) is 7.48. The number of likely N-dealkylation sites (tertiary alicyclic amines) is 1. The van der Waals surface area contributed by atoms with E-state index in [1.165, 1.54) is 12.8 Å². The van der Waals surface area contributed by atoms with E-state index in [1.54, 1.807) is 19.0 Å². The number of hydrogen-bond donors (Lipinski definition) is 0. The Hall–Kier alpha value is -2.12. The van der Waals surface area contributed by atoms with Crippen LogP contribution < -0.4 is 0 Å². The topological polar surface area (TPSA) is 74.6 Å². The van der Waals surface area contributed by atoms with Gasteiger partial charge in [-0.05, 0) is 32.1 Å². The average molecular weight is 374 g/mol. The maximum atomic E-state index is 12.7. The van der Waals surface area contributed by atoms with Gasteiger partial charge in [0.1, 0.15) is 0 Å². The van der Waals surface area contributed by atoms with E-state index in [2.05, 4.69) is 14.8 Å². The van der Waals surface area contributed by atoms with Crippen LogP contribution in [0.4, 0.5) is 4.79 Å². The van der Waals surface area contributed by atoms with Crippen molar-refractivity contribution >= 4 is 11.9 Å². The van der Waals surface area contributed by atoms with Crippen molar-refractivity contribution in [2.45, 2.75) is 64.1 Å². The highest BCUT2D eigenvalue weighted by Gasteiger charge is 2.36. The number of carbonyl (C=O) groups is 2. The Kier molecular flexibility index (Phi) is 5.06. The van der Waals surface area contributed by atoms with Crippen molar-refractivity contribution in [3.05, 3.63) is 11.6 Å². The van der Waals surface area contributed by atoms with Crippen LogP contribution in [0.2, 0.25) is 0 Å². The van der Waals surface area contributed by atoms with Gasteiger partial charge in [0, 0.05) is 39.6 Å². The van der Waals surface area contributed by atoms with Crippen molar-refractivity contribution in [2.75, 3.05) is 27.2 Å². The molecule has 3 heterocycles. The fraction of sp³-hybridized carbons (Fsp3) is 0.789. The van der Waals surface area contributed by atoms with Gasteiger partial charge in [-0.1, -0.05) is 12.8 Å². The van der Waals surface area contributed by atoms with Gasteiger partial charge in [-0.2, -0.15) is 0 Å². The quantitative estimate of drug-likeness (QED) is 0.794. The van der Waals surface area contributed by atoms with Crippen LogP contribution in [0.5, 0.6) is 0 Å². The number of carbonyl (C=O) groups excluding carboxylic acids is 2. The van der Waals surface area contributed by atoms with Crippen LogP contribution in [0, 0.1) is 5.92 Å². The zero-order valence-corrected chi connectivity index (χ0v) is 16.4. The highest BCUT2D eigenvalue weighted by atomic mass is 16.2. The first-order valence-corrected chi connectivity index (χ1v) is 10.2. The molecular weight excluding hydrogens is 344 g/mol. The highest BCUT2D eigenvalue weighted by Crippen LogP contribution is 2.32. The van der Waals surface area contributed by atoms with E-state index in [0.717, 1.165) is 56.8 Å². The minimum Gasteiger partial charge on any atom is -0.333 e. The van der Waals surface area contributed by atoms with Crippen molar-refractivity contribution in [2.24, 2.45) is 5.92 Å². The van der Waals surface area contributed by atoms with E-state index in [-0.39, 0.29) is 23.9 Å². The summed E-state index contributed by atoms with van der Waals surface area (Å²) in [6, 6.07) is 0.0119. The molecule has 148 valence electrons. The zero-order chi connectivity index (χ0) is 19.0. The smallest absolute Gasteiger partial charge is 0.320 e. The fourth-order valence-electron chi connectivity index (χ4n) is 4.73. The molecule has 0 aromatic carbocycles. The number of aromatic nitrogens is 3. The third kappa shape index (κ3) is 3.41. The summed E-state index contributed by atoms with van der Waals surface area (Å²) in [5.74, 6) is 2.22. The molecule has 2 fully saturated rings. The van der Waals surface area contributed by atoms with Crippen LogP contribution in [0.1, 0.15) is 62.6 Å². The molecule has 3 aliphatic rings. The number of amides is 3. The maximum absolute atomic E-state index is 12.7. The van der Waals surface area contributed by atoms with Gasteiger partial charge in [-0.25, -0.2) is 4.79 Å². The first-order chi connectivity index (χ1) is 13.1. The molecular formula is C19H30N6O2. The van der Waals surface area contributed by atoms with Gasteiger partial charge in [0.2, 0.25) is 5.91 Å². The van der Waals surface area contributed by atoms with Gasteiger partial charge < -0.3 is 19.3 Å². The minimum absolute atomic E-state index is 0.0213. The van der Waals surface area contributed by atoms with Crippen LogP contribution in [0.3, 0.4) is 0 Å². The van der Waals surface area contributed by atoms with Crippen LogP contribution in [-0.4, -0.2) is 68.6 Å². The summed E-state index contributed by atoms with van der Waals surface area (Å²) >= 11 is 0. The Bertz CT molecular complexity index is 709. The lowest BCUT2D eigenvalue weighted by Crippen LogP contribution is -2.46. The van der Waals surface area contributed by atoms with E-state index < -0.39 is 0 Å². The molecule has 3 amide bonds. The molecule has 0 N–H and O–H groups in total. The summed E-state index contributed by atoms with van der Waals surface area (Å²) in [6.45, 7) is 2.73. The number of fused-ring (bicyclic) bond motifs is 1. The summed E-state index contributed by atoms with van der Waals surface area (Å²) in [6.07, 6.45) is 7.43. The van der Waals surface area contributed by atoms with E-state index >= 15 is 0 Å². The Balaban J connectivity index is 1.52. The molecule has 1 aromatic rings. The Morgan fingerprint density at radius 1 is 0.963 bits per heavy atom. The second-order valence-electron chi connectivity index (χ2n) is 8.25. The lowest BCUT2D eigenvalue weighted by molar-refractivity contribution is -0.136. The van der Waals surface area contributed by atoms with Crippen LogP contribution >= 0.6 is 0 Å². The molecule has 0 spiro atoms. The first-order valence-electron chi connectivity index (χ1n) is 10.2. The second-order valence-corrected chi connectivity index (χ2v) is 8.25. The number of urea groups is 1. The summed E-state index contributed by atoms with van der Waals surface area (Å²) < 4.78 is 2.14. The third-order valence-electron chi connectivity index (χ3n) is 6.23. The first kappa shape index (κ1) is 18.3. The van der Waals surface area contributed by atoms with Crippen molar-refractivity contribution in [1.29, 1.82) is 0 Å². The molecule has 0 radical (unpaired) electrons. The van der Waals surface area contributed by atoms with Gasteiger partial charge >= 0.3 is 6.03 Å². The van der Waals surface area contributed by atoms with E-state index in [0.29, 0.717) is 13.1 Å². The summed E-state index contributed by atoms with van der Waals surface area (Å²) in [4.78, 5) is 30.9. The predicted molar refractivity (Wildman–Crippen MR) is 99.8 cm³/mol. The average Bonchev–Trinajstić information content (AvgIpc) is 3.36. The van der Waals surface area contributed by atoms with Crippen LogP contribution in [-0.2, 0) is 17.9 Å². The molecule has 8 nitrogen and oxygen atoms in total. The van der Waals surface area contributed by atoms with Crippen molar-refractivity contribution in [3.63, 3.8) is 0 Å². The Labute approximate surface area is 160 Å². The molecule has 2 aliphatic heterocycles. The Morgan fingerprint density at radius 3 is 2.44 bits per heavy atom. The molecule has 1 atom stereocenters. The summed E-state index contributed by atoms with van der Waals surface area (Å²) in [5.41, 5.74) is 0. The number of rotatable bonds is 2. The predicted octanol–water partition coefficient (Wildman–Crippen LogP) is 2.02. The molecule has 27 heavy (non-hydrogen) atoms. The molecule has 1 unspecified atom stereocenters. The minimum atomic E-state index is -0.0213. The normalized spacial score (nSPS) is 23.4. The summed E-state index contributed by atoms with van der Waals surface area (Å²) in [7, 11) is 3.58. The van der Waals surface area contributed by atoms with Gasteiger partial charge in [0.15, 0.2) is 11.6 Å². The lowest BCUT2D eigenvalue weighted by Gasteiger charge is -2.37. The van der Waals surface area contributed by atoms with Crippen molar-refractivity contribution < 1.29 is 9.59 Å². The summed E-state index contributed by atoms with van der Waals surface area (Å²) in [5, 5.41) is 8.86. The van der Waals surface area contributed by atoms with Crippen molar-refractivity contribution in [3.8, 4) is 0 Å². The third-order valence-corrected chi connectivity index (χ3v) is 6.23. The van der Waals surface area contributed by atoms with E-state index in [9.17, 15) is 9.59 Å². The number of nitrogens with zero attached hydrogens (tertiary/aromatic N) is 6. The molecule has 1 aromatic heterocycles. The zero-order valence-electron chi connectivity index (χ0n) is 16.4. The Morgan fingerprint density at radius 2 is 1.70 bits per heavy atom. The highest BCUT2D eigenvalue weighted by molar-refractivity contribution is 5.79. The lowest BCUT2D eigenvalue weighted by atomic mass is 10.0. The van der Waals surface area contributed by atoms with Gasteiger partial charge in [0.05, 0.1) is 12.6 Å². The van der Waals surface area contributed by atoms with Crippen LogP contribution in [0.15, 0.2) is 0 Å². The fourth-order valence-corrected chi connectivity index (χ4v) is 4.73. The molecule has 0 bridgehead atoms. The molecule has 1 saturated heterocycles. The standard InChI is InChI=1S/C19H30N6O2/c1-22(2)19(27)24-10-6-5-9-15(24)17-21-20-16-13-23(11-12-25(16)17)18(26)14-7-3-4-8-14/h14-15H,3-13H2,1-2H3. The van der Waals surface area contributed by atoms with E-state index in [1.807, 2.05) is 9.80 Å². The molecule has 8 heteroatoms. The largest absolute Gasteiger partial charge is 0.333 e. The SMILES string of the molecule is CN(C)C(=O)N1CCCCC1c1nnc2n1CCN(C(=O)C1CCCC1)C2. The maximum Gasteiger partial charge on any atom is 0.320 e. The number of hydrogen-bond acceptors (Lipinski definition) is 4.